The fraction of sp³-hybridized carbons (Fsp3) is 1.00. The molecule has 1 aliphatic rings. The fourth-order valence-electron chi connectivity index (χ4n) is 3.04. The van der Waals surface area contributed by atoms with Crippen molar-refractivity contribution in [3.05, 3.63) is 0 Å². The van der Waals surface area contributed by atoms with Gasteiger partial charge in [-0.05, 0) is 38.3 Å². The van der Waals surface area contributed by atoms with Crippen LogP contribution in [0.25, 0.3) is 0 Å². The van der Waals surface area contributed by atoms with Gasteiger partial charge in [0.25, 0.3) is 0 Å². The van der Waals surface area contributed by atoms with Gasteiger partial charge in [0.05, 0.1) is 13.2 Å². The number of nitrogens with one attached hydrogen (secondary N) is 1. The first-order valence-corrected chi connectivity index (χ1v) is 7.75. The first kappa shape index (κ1) is 16.9. The van der Waals surface area contributed by atoms with Gasteiger partial charge in [-0.3, -0.25) is 4.90 Å². The van der Waals surface area contributed by atoms with Crippen LogP contribution in [0, 0.1) is 5.92 Å². The Bertz CT molecular complexity index is 206. The van der Waals surface area contributed by atoms with E-state index in [1.807, 2.05) is 0 Å². The number of ether oxygens (including phenoxy) is 2. The second-order valence-corrected chi connectivity index (χ2v) is 5.47. The fourth-order valence-corrected chi connectivity index (χ4v) is 3.04. The number of hydrogen-bond donors (Lipinski definition) is 1. The van der Waals surface area contributed by atoms with E-state index in [9.17, 15) is 0 Å². The van der Waals surface area contributed by atoms with E-state index in [1.165, 1.54) is 32.2 Å². The number of methoxy groups -OCH3 is 2. The minimum atomic E-state index is 0.747. The lowest BCUT2D eigenvalue weighted by molar-refractivity contribution is 0.109. The molecule has 0 amide bonds. The second kappa shape index (κ2) is 10.6. The zero-order chi connectivity index (χ0) is 13.9. The van der Waals surface area contributed by atoms with Crippen molar-refractivity contribution in [2.75, 3.05) is 53.6 Å². The first-order valence-electron chi connectivity index (χ1n) is 7.75. The average Bonchev–Trinajstić information content (AvgIpc) is 2.86. The largest absolute Gasteiger partial charge is 0.383 e. The van der Waals surface area contributed by atoms with Gasteiger partial charge in [0, 0.05) is 33.4 Å². The third-order valence-electron chi connectivity index (χ3n) is 4.16. The monoisotopic (exact) mass is 272 g/mol. The number of hydrogen-bond acceptors (Lipinski definition) is 4. The van der Waals surface area contributed by atoms with Crippen LogP contribution in [0.2, 0.25) is 0 Å². The van der Waals surface area contributed by atoms with Crippen molar-refractivity contribution >= 4 is 0 Å². The van der Waals surface area contributed by atoms with Gasteiger partial charge in [-0.1, -0.05) is 13.3 Å². The van der Waals surface area contributed by atoms with E-state index < -0.39 is 0 Å². The molecule has 1 fully saturated rings. The van der Waals surface area contributed by atoms with Gasteiger partial charge in [-0.25, -0.2) is 0 Å². The summed E-state index contributed by atoms with van der Waals surface area (Å²) >= 11 is 0. The van der Waals surface area contributed by atoms with Crippen molar-refractivity contribution in [3.63, 3.8) is 0 Å². The molecule has 4 heteroatoms. The lowest BCUT2D eigenvalue weighted by Crippen LogP contribution is -2.36. The van der Waals surface area contributed by atoms with Crippen LogP contribution < -0.4 is 5.32 Å². The molecule has 0 bridgehead atoms. The van der Waals surface area contributed by atoms with Crippen molar-refractivity contribution in [1.82, 2.24) is 10.2 Å². The summed E-state index contributed by atoms with van der Waals surface area (Å²) in [6.07, 6.45) is 5.43. The van der Waals surface area contributed by atoms with Gasteiger partial charge in [0.1, 0.15) is 0 Å². The first-order chi connectivity index (χ1) is 9.31. The quantitative estimate of drug-likeness (QED) is 0.621. The normalized spacial score (nSPS) is 23.4. The molecule has 0 spiro atoms. The van der Waals surface area contributed by atoms with Crippen LogP contribution in [0.15, 0.2) is 0 Å². The summed E-state index contributed by atoms with van der Waals surface area (Å²) in [6.45, 7) is 8.11. The molecule has 0 aliphatic heterocycles. The molecule has 0 radical (unpaired) electrons. The van der Waals surface area contributed by atoms with Crippen LogP contribution in [0.3, 0.4) is 0 Å². The molecule has 1 N–H and O–H groups in total. The van der Waals surface area contributed by atoms with E-state index in [4.69, 9.17) is 9.47 Å². The highest BCUT2D eigenvalue weighted by atomic mass is 16.5. The van der Waals surface area contributed by atoms with Gasteiger partial charge in [0.2, 0.25) is 0 Å². The van der Waals surface area contributed by atoms with Gasteiger partial charge < -0.3 is 14.8 Å². The van der Waals surface area contributed by atoms with Crippen LogP contribution in [-0.4, -0.2) is 64.6 Å². The van der Waals surface area contributed by atoms with E-state index in [0.717, 1.165) is 44.8 Å². The van der Waals surface area contributed by atoms with Gasteiger partial charge in [0.15, 0.2) is 0 Å². The van der Waals surface area contributed by atoms with Crippen molar-refractivity contribution in [3.8, 4) is 0 Å². The van der Waals surface area contributed by atoms with Crippen LogP contribution >= 0.6 is 0 Å². The Morgan fingerprint density at radius 2 is 1.74 bits per heavy atom. The number of nitrogens with zero attached hydrogens (tertiary/aromatic N) is 1. The van der Waals surface area contributed by atoms with E-state index in [1.54, 1.807) is 14.2 Å². The summed E-state index contributed by atoms with van der Waals surface area (Å²) in [7, 11) is 3.54. The van der Waals surface area contributed by atoms with Crippen LogP contribution in [0.5, 0.6) is 0 Å². The molecule has 1 aliphatic carbocycles. The molecule has 2 atom stereocenters. The molecule has 19 heavy (non-hydrogen) atoms. The highest BCUT2D eigenvalue weighted by Crippen LogP contribution is 2.28. The van der Waals surface area contributed by atoms with E-state index in [-0.39, 0.29) is 0 Å². The van der Waals surface area contributed by atoms with Crippen LogP contribution in [0.4, 0.5) is 0 Å². The lowest BCUT2D eigenvalue weighted by Gasteiger charge is -2.26. The lowest BCUT2D eigenvalue weighted by atomic mass is 9.99. The third kappa shape index (κ3) is 6.70. The predicted molar refractivity (Wildman–Crippen MR) is 79.6 cm³/mol. The molecular weight excluding hydrogens is 240 g/mol. The summed E-state index contributed by atoms with van der Waals surface area (Å²) in [4.78, 5) is 2.47. The van der Waals surface area contributed by atoms with Gasteiger partial charge >= 0.3 is 0 Å². The Morgan fingerprint density at radius 3 is 2.32 bits per heavy atom. The Labute approximate surface area is 118 Å². The minimum absolute atomic E-state index is 0.747. The molecule has 0 heterocycles. The second-order valence-electron chi connectivity index (χ2n) is 5.47. The van der Waals surface area contributed by atoms with Crippen molar-refractivity contribution in [2.45, 2.75) is 38.6 Å². The Hall–Kier alpha value is -0.160. The summed E-state index contributed by atoms with van der Waals surface area (Å²) in [5, 5.41) is 3.64. The number of rotatable bonds is 11. The molecule has 0 aromatic heterocycles. The molecule has 0 aromatic carbocycles. The Balaban J connectivity index is 2.28. The van der Waals surface area contributed by atoms with Crippen LogP contribution in [-0.2, 0) is 9.47 Å². The highest BCUT2D eigenvalue weighted by Gasteiger charge is 2.26. The summed E-state index contributed by atoms with van der Waals surface area (Å²) in [6, 6.07) is 0.747. The SMILES string of the molecule is CCNC1CCCC1CCN(CCOC)CCOC. The van der Waals surface area contributed by atoms with Crippen LogP contribution in [0.1, 0.15) is 32.6 Å². The zero-order valence-electron chi connectivity index (χ0n) is 13.0. The van der Waals surface area contributed by atoms with E-state index >= 15 is 0 Å². The third-order valence-corrected chi connectivity index (χ3v) is 4.16. The standard InChI is InChI=1S/C15H32N2O2/c1-4-16-15-7-5-6-14(15)8-9-17(10-12-18-2)11-13-19-3/h14-16H,4-13H2,1-3H3. The molecule has 4 nitrogen and oxygen atoms in total. The molecule has 1 rings (SSSR count). The topological polar surface area (TPSA) is 33.7 Å². The Kier molecular flexibility index (Phi) is 9.43. The van der Waals surface area contributed by atoms with E-state index in [0.29, 0.717) is 0 Å². The van der Waals surface area contributed by atoms with Gasteiger partial charge in [-0.2, -0.15) is 0 Å². The zero-order valence-corrected chi connectivity index (χ0v) is 13.0. The van der Waals surface area contributed by atoms with Gasteiger partial charge in [-0.15, -0.1) is 0 Å². The smallest absolute Gasteiger partial charge is 0.0589 e. The van der Waals surface area contributed by atoms with Crippen molar-refractivity contribution in [1.29, 1.82) is 0 Å². The maximum absolute atomic E-state index is 5.19. The molecule has 0 saturated heterocycles. The molecule has 2 unspecified atom stereocenters. The minimum Gasteiger partial charge on any atom is -0.383 e. The average molecular weight is 272 g/mol. The molecule has 1 saturated carbocycles. The summed E-state index contributed by atoms with van der Waals surface area (Å²) in [5.41, 5.74) is 0. The molecule has 0 aromatic rings. The maximum atomic E-state index is 5.19. The van der Waals surface area contributed by atoms with Crippen molar-refractivity contribution in [2.24, 2.45) is 5.92 Å². The Morgan fingerprint density at radius 1 is 1.05 bits per heavy atom. The summed E-state index contributed by atoms with van der Waals surface area (Å²) < 4.78 is 10.4. The molecular formula is C15H32N2O2. The summed E-state index contributed by atoms with van der Waals surface area (Å²) in [5.74, 6) is 0.854. The van der Waals surface area contributed by atoms with Crippen molar-refractivity contribution < 1.29 is 9.47 Å². The maximum Gasteiger partial charge on any atom is 0.0589 e. The highest BCUT2D eigenvalue weighted by molar-refractivity contribution is 4.83. The predicted octanol–water partition coefficient (Wildman–Crippen LogP) is 1.75. The molecule has 114 valence electrons. The van der Waals surface area contributed by atoms with E-state index in [2.05, 4.69) is 17.1 Å².